The van der Waals surface area contributed by atoms with Crippen molar-refractivity contribution in [1.29, 1.82) is 0 Å². The first-order valence-corrected chi connectivity index (χ1v) is 12.3. The molecule has 2 N–H and O–H groups in total. The molecule has 0 radical (unpaired) electrons. The first-order chi connectivity index (χ1) is 16.0. The second-order valence-electron chi connectivity index (χ2n) is 7.93. The second-order valence-corrected chi connectivity index (χ2v) is 9.62. The van der Waals surface area contributed by atoms with Gasteiger partial charge in [-0.3, -0.25) is 4.72 Å². The van der Waals surface area contributed by atoms with E-state index in [2.05, 4.69) is 24.9 Å². The van der Waals surface area contributed by atoms with Gasteiger partial charge in [0.15, 0.2) is 0 Å². The number of anilines is 4. The van der Waals surface area contributed by atoms with E-state index in [-0.39, 0.29) is 4.90 Å². The van der Waals surface area contributed by atoms with Crippen molar-refractivity contribution >= 4 is 33.0 Å². The number of sulfonamides is 1. The molecule has 3 heterocycles. The van der Waals surface area contributed by atoms with Crippen LogP contribution in [0.4, 0.5) is 23.0 Å². The predicted octanol–water partition coefficient (Wildman–Crippen LogP) is 3.10. The van der Waals surface area contributed by atoms with Crippen LogP contribution in [0.25, 0.3) is 0 Å². The molecule has 0 unspecified atom stereocenters. The Bertz CT molecular complexity index is 1260. The van der Waals surface area contributed by atoms with Crippen molar-refractivity contribution in [3.8, 4) is 5.75 Å². The summed E-state index contributed by atoms with van der Waals surface area (Å²) in [6.07, 6.45) is 0.717. The topological polar surface area (TPSA) is 106 Å². The zero-order valence-corrected chi connectivity index (χ0v) is 19.1. The number of morpholine rings is 1. The Balaban J connectivity index is 1.28. The number of hydrogen-bond donors (Lipinski definition) is 2. The minimum absolute atomic E-state index is 0.223. The molecule has 1 aromatic heterocycles. The molecule has 9 nitrogen and oxygen atoms in total. The number of hydrogen-bond acceptors (Lipinski definition) is 8. The summed E-state index contributed by atoms with van der Waals surface area (Å²) >= 11 is 0. The molecule has 2 aromatic carbocycles. The van der Waals surface area contributed by atoms with E-state index >= 15 is 0 Å². The van der Waals surface area contributed by atoms with Gasteiger partial charge in [-0.15, -0.1) is 0 Å². The van der Waals surface area contributed by atoms with Gasteiger partial charge in [0.1, 0.15) is 23.2 Å². The van der Waals surface area contributed by atoms with Crippen molar-refractivity contribution in [2.45, 2.75) is 18.2 Å². The Morgan fingerprint density at radius 1 is 0.939 bits per heavy atom. The summed E-state index contributed by atoms with van der Waals surface area (Å²) in [6.45, 7) is 5.40. The van der Waals surface area contributed by atoms with Crippen LogP contribution in [0.1, 0.15) is 11.4 Å². The maximum atomic E-state index is 12.8. The fourth-order valence-corrected chi connectivity index (χ4v) is 4.99. The van der Waals surface area contributed by atoms with E-state index in [0.717, 1.165) is 42.3 Å². The number of nitrogens with zero attached hydrogens (tertiary/aromatic N) is 3. The molecular weight excluding hydrogens is 442 g/mol. The summed E-state index contributed by atoms with van der Waals surface area (Å²) in [4.78, 5) is 11.4. The van der Waals surface area contributed by atoms with E-state index in [1.54, 1.807) is 42.5 Å². The van der Waals surface area contributed by atoms with E-state index in [9.17, 15) is 8.42 Å². The van der Waals surface area contributed by atoms with Crippen molar-refractivity contribution in [3.63, 3.8) is 0 Å². The zero-order chi connectivity index (χ0) is 22.8. The van der Waals surface area contributed by atoms with Crippen LogP contribution in [0, 0.1) is 6.92 Å². The van der Waals surface area contributed by atoms with E-state index in [0.29, 0.717) is 37.2 Å². The van der Waals surface area contributed by atoms with Gasteiger partial charge in [0, 0.05) is 37.0 Å². The number of ether oxygens (including phenoxy) is 2. The van der Waals surface area contributed by atoms with Gasteiger partial charge in [0.05, 0.1) is 24.7 Å². The SMILES string of the molecule is Cc1nc(Nc2ccc(NS(=O)(=O)c3ccc4c(c3)CCO4)cc2)cc(N2CCOCC2)n1. The largest absolute Gasteiger partial charge is 0.493 e. The number of nitrogens with one attached hydrogen (secondary N) is 2. The number of aryl methyl sites for hydroxylation is 1. The molecule has 3 aromatic rings. The minimum Gasteiger partial charge on any atom is -0.493 e. The molecule has 0 aliphatic carbocycles. The van der Waals surface area contributed by atoms with Crippen molar-refractivity contribution < 1.29 is 17.9 Å². The van der Waals surface area contributed by atoms with Crippen LogP contribution in [-0.4, -0.2) is 51.3 Å². The lowest BCUT2D eigenvalue weighted by Gasteiger charge is -2.28. The van der Waals surface area contributed by atoms with Crippen molar-refractivity contribution in [2.24, 2.45) is 0 Å². The van der Waals surface area contributed by atoms with Gasteiger partial charge in [-0.05, 0) is 55.0 Å². The Kier molecular flexibility index (Phi) is 5.77. The van der Waals surface area contributed by atoms with Gasteiger partial charge in [0.25, 0.3) is 10.0 Å². The normalized spacial score (nSPS) is 15.6. The fourth-order valence-electron chi connectivity index (χ4n) is 3.88. The zero-order valence-electron chi connectivity index (χ0n) is 18.2. The Hall–Kier alpha value is -3.37. The molecule has 2 aliphatic rings. The monoisotopic (exact) mass is 467 g/mol. The smallest absolute Gasteiger partial charge is 0.261 e. The molecule has 5 rings (SSSR count). The van der Waals surface area contributed by atoms with E-state index in [4.69, 9.17) is 9.47 Å². The predicted molar refractivity (Wildman–Crippen MR) is 126 cm³/mol. The first-order valence-electron chi connectivity index (χ1n) is 10.8. The van der Waals surface area contributed by atoms with Crippen LogP contribution < -0.4 is 19.7 Å². The lowest BCUT2D eigenvalue weighted by atomic mass is 10.2. The average molecular weight is 468 g/mol. The lowest BCUT2D eigenvalue weighted by Crippen LogP contribution is -2.36. The number of aromatic nitrogens is 2. The minimum atomic E-state index is -3.69. The summed E-state index contributed by atoms with van der Waals surface area (Å²) < 4.78 is 39.1. The maximum Gasteiger partial charge on any atom is 0.261 e. The van der Waals surface area contributed by atoms with E-state index in [1.807, 2.05) is 13.0 Å². The molecule has 0 bridgehead atoms. The summed E-state index contributed by atoms with van der Waals surface area (Å²) in [7, 11) is -3.69. The van der Waals surface area contributed by atoms with Crippen molar-refractivity contribution in [3.05, 3.63) is 59.9 Å². The summed E-state index contributed by atoms with van der Waals surface area (Å²) in [5, 5.41) is 3.27. The number of fused-ring (bicyclic) bond motifs is 1. The third-order valence-corrected chi connectivity index (χ3v) is 6.92. The van der Waals surface area contributed by atoms with Crippen LogP contribution in [-0.2, 0) is 21.2 Å². The van der Waals surface area contributed by atoms with Crippen LogP contribution in [0.15, 0.2) is 53.4 Å². The quantitative estimate of drug-likeness (QED) is 0.570. The Labute approximate surface area is 192 Å². The van der Waals surface area contributed by atoms with Crippen LogP contribution >= 0.6 is 0 Å². The highest BCUT2D eigenvalue weighted by molar-refractivity contribution is 7.92. The van der Waals surface area contributed by atoms with Crippen LogP contribution in [0.3, 0.4) is 0 Å². The molecule has 0 atom stereocenters. The molecule has 0 spiro atoms. The highest BCUT2D eigenvalue weighted by atomic mass is 32.2. The van der Waals surface area contributed by atoms with Gasteiger partial charge >= 0.3 is 0 Å². The van der Waals surface area contributed by atoms with Crippen molar-refractivity contribution in [1.82, 2.24) is 9.97 Å². The fraction of sp³-hybridized carbons (Fsp3) is 0.304. The third kappa shape index (κ3) is 4.86. The van der Waals surface area contributed by atoms with Gasteiger partial charge in [0.2, 0.25) is 0 Å². The molecule has 0 amide bonds. The number of benzene rings is 2. The highest BCUT2D eigenvalue weighted by Crippen LogP contribution is 2.29. The summed E-state index contributed by atoms with van der Waals surface area (Å²) in [5.41, 5.74) is 2.18. The van der Waals surface area contributed by atoms with Crippen LogP contribution in [0.5, 0.6) is 5.75 Å². The molecule has 2 aliphatic heterocycles. The van der Waals surface area contributed by atoms with Gasteiger partial charge < -0.3 is 19.7 Å². The summed E-state index contributed by atoms with van der Waals surface area (Å²) in [5.74, 6) is 2.96. The molecule has 1 saturated heterocycles. The van der Waals surface area contributed by atoms with Gasteiger partial charge in [-0.2, -0.15) is 0 Å². The maximum absolute atomic E-state index is 12.8. The van der Waals surface area contributed by atoms with E-state index < -0.39 is 10.0 Å². The van der Waals surface area contributed by atoms with Crippen LogP contribution in [0.2, 0.25) is 0 Å². The standard InChI is InChI=1S/C23H25N5O4S/c1-16-24-22(15-23(25-16)28-9-12-31-13-10-28)26-18-2-4-19(5-3-18)27-33(29,30)20-6-7-21-17(14-20)8-11-32-21/h2-7,14-15,27H,8-13H2,1H3,(H,24,25,26). The van der Waals surface area contributed by atoms with Crippen molar-refractivity contribution in [2.75, 3.05) is 47.8 Å². The molecule has 10 heteroatoms. The summed E-state index contributed by atoms with van der Waals surface area (Å²) in [6, 6.07) is 13.9. The Morgan fingerprint density at radius 2 is 1.70 bits per heavy atom. The third-order valence-electron chi connectivity index (χ3n) is 5.54. The highest BCUT2D eigenvalue weighted by Gasteiger charge is 2.19. The first kappa shape index (κ1) is 21.5. The number of rotatable bonds is 6. The van der Waals surface area contributed by atoms with Gasteiger partial charge in [-0.1, -0.05) is 0 Å². The average Bonchev–Trinajstić information content (AvgIpc) is 3.28. The molecule has 1 fully saturated rings. The van der Waals surface area contributed by atoms with Gasteiger partial charge in [-0.25, -0.2) is 18.4 Å². The lowest BCUT2D eigenvalue weighted by molar-refractivity contribution is 0.122. The Morgan fingerprint density at radius 3 is 2.48 bits per heavy atom. The molecular formula is C23H25N5O4S. The van der Waals surface area contributed by atoms with E-state index in [1.165, 1.54) is 0 Å². The molecule has 33 heavy (non-hydrogen) atoms. The second kappa shape index (κ2) is 8.87. The molecule has 172 valence electrons. The molecule has 0 saturated carbocycles.